The Morgan fingerprint density at radius 1 is 1.24 bits per heavy atom. The van der Waals surface area contributed by atoms with Gasteiger partial charge in [0.15, 0.2) is 0 Å². The van der Waals surface area contributed by atoms with Crippen LogP contribution in [0.5, 0.6) is 0 Å². The first-order valence-corrected chi connectivity index (χ1v) is 7.04. The summed E-state index contributed by atoms with van der Waals surface area (Å²) in [6.07, 6.45) is 2.78. The first kappa shape index (κ1) is 13.3. The van der Waals surface area contributed by atoms with Gasteiger partial charge < -0.3 is 15.0 Å². The highest BCUT2D eigenvalue weighted by molar-refractivity contribution is 4.72. The van der Waals surface area contributed by atoms with Crippen molar-refractivity contribution in [2.24, 2.45) is 5.92 Å². The first-order valence-electron chi connectivity index (χ1n) is 7.04. The zero-order chi connectivity index (χ0) is 11.9. The molecule has 0 radical (unpaired) electrons. The monoisotopic (exact) mass is 241 g/mol. The molecular weight excluding hydrogens is 214 g/mol. The summed E-state index contributed by atoms with van der Waals surface area (Å²) in [6, 6.07) is 0. The molecule has 4 nitrogen and oxygen atoms in total. The van der Waals surface area contributed by atoms with E-state index in [0.29, 0.717) is 0 Å². The van der Waals surface area contributed by atoms with Gasteiger partial charge in [0.2, 0.25) is 0 Å². The number of nitrogens with zero attached hydrogens (tertiary/aromatic N) is 2. The zero-order valence-electron chi connectivity index (χ0n) is 11.2. The fraction of sp³-hybridized carbons (Fsp3) is 1.00. The van der Waals surface area contributed by atoms with Crippen LogP contribution in [0.2, 0.25) is 0 Å². The van der Waals surface area contributed by atoms with Crippen molar-refractivity contribution in [2.45, 2.75) is 12.8 Å². The van der Waals surface area contributed by atoms with Crippen molar-refractivity contribution in [3.05, 3.63) is 0 Å². The molecule has 0 atom stereocenters. The molecule has 1 N–H and O–H groups in total. The lowest BCUT2D eigenvalue weighted by molar-refractivity contribution is 0.0990. The molecule has 0 bridgehead atoms. The summed E-state index contributed by atoms with van der Waals surface area (Å²) in [4.78, 5) is 4.92. The number of hydrogen-bond acceptors (Lipinski definition) is 4. The van der Waals surface area contributed by atoms with Crippen molar-refractivity contribution >= 4 is 0 Å². The number of hydrogen-bond donors (Lipinski definition) is 1. The van der Waals surface area contributed by atoms with Gasteiger partial charge in [0, 0.05) is 52.4 Å². The molecule has 1 aliphatic heterocycles. The molecule has 1 aliphatic carbocycles. The molecule has 0 amide bonds. The molecule has 4 heteroatoms. The van der Waals surface area contributed by atoms with Crippen LogP contribution in [0.4, 0.5) is 0 Å². The van der Waals surface area contributed by atoms with Crippen LogP contribution in [-0.2, 0) is 4.74 Å². The van der Waals surface area contributed by atoms with E-state index in [1.54, 1.807) is 0 Å². The third kappa shape index (κ3) is 5.82. The molecule has 0 spiro atoms. The van der Waals surface area contributed by atoms with Crippen LogP contribution in [0.15, 0.2) is 0 Å². The molecule has 0 aromatic heterocycles. The summed E-state index contributed by atoms with van der Waals surface area (Å²) in [7, 11) is 2.20. The lowest BCUT2D eigenvalue weighted by atomic mass is 10.3. The highest BCUT2D eigenvalue weighted by Gasteiger charge is 2.20. The van der Waals surface area contributed by atoms with Gasteiger partial charge in [0.25, 0.3) is 0 Å². The van der Waals surface area contributed by atoms with Gasteiger partial charge in [-0.05, 0) is 25.8 Å². The summed E-state index contributed by atoms with van der Waals surface area (Å²) in [5.74, 6) is 0.890. The van der Waals surface area contributed by atoms with Crippen LogP contribution in [0.1, 0.15) is 12.8 Å². The second kappa shape index (κ2) is 7.31. The van der Waals surface area contributed by atoms with E-state index in [2.05, 4.69) is 22.2 Å². The van der Waals surface area contributed by atoms with Crippen molar-refractivity contribution in [2.75, 3.05) is 66.1 Å². The van der Waals surface area contributed by atoms with E-state index in [1.165, 1.54) is 32.5 Å². The average Bonchev–Trinajstić information content (AvgIpc) is 3.17. The van der Waals surface area contributed by atoms with E-state index in [4.69, 9.17) is 4.74 Å². The van der Waals surface area contributed by atoms with Crippen molar-refractivity contribution in [1.29, 1.82) is 0 Å². The van der Waals surface area contributed by atoms with Gasteiger partial charge in [-0.25, -0.2) is 0 Å². The van der Waals surface area contributed by atoms with Gasteiger partial charge in [0.1, 0.15) is 0 Å². The normalized spacial score (nSPS) is 22.2. The third-order valence-electron chi connectivity index (χ3n) is 3.68. The molecule has 2 aliphatic rings. The van der Waals surface area contributed by atoms with Crippen molar-refractivity contribution in [1.82, 2.24) is 15.1 Å². The molecule has 100 valence electrons. The largest absolute Gasteiger partial charge is 0.380 e. The number of likely N-dealkylation sites (N-methyl/N-ethyl adjacent to an activating group) is 1. The fourth-order valence-electron chi connectivity index (χ4n) is 2.11. The topological polar surface area (TPSA) is 27.7 Å². The zero-order valence-corrected chi connectivity index (χ0v) is 11.2. The van der Waals surface area contributed by atoms with Crippen molar-refractivity contribution < 1.29 is 4.74 Å². The second-order valence-electron chi connectivity index (χ2n) is 5.41. The molecule has 1 heterocycles. The predicted molar refractivity (Wildman–Crippen MR) is 70.3 cm³/mol. The minimum absolute atomic E-state index is 0.890. The number of piperazine rings is 1. The highest BCUT2D eigenvalue weighted by atomic mass is 16.5. The lowest BCUT2D eigenvalue weighted by Gasteiger charge is -2.29. The molecule has 17 heavy (non-hydrogen) atoms. The Balaban J connectivity index is 1.43. The van der Waals surface area contributed by atoms with E-state index in [1.807, 2.05) is 0 Å². The minimum Gasteiger partial charge on any atom is -0.380 e. The Hall–Kier alpha value is -0.160. The molecule has 0 aromatic rings. The highest BCUT2D eigenvalue weighted by Crippen LogP contribution is 2.28. The average molecular weight is 241 g/mol. The summed E-state index contributed by atoms with van der Waals surface area (Å²) in [5.41, 5.74) is 0. The van der Waals surface area contributed by atoms with Gasteiger partial charge in [-0.3, -0.25) is 4.90 Å². The standard InChI is InChI=1S/C13H27N3O/c1-15(10-11-17-12-13-2-3-13)8-9-16-6-4-14-5-7-16/h13-14H,2-12H2,1H3. The number of nitrogens with one attached hydrogen (secondary N) is 1. The van der Waals surface area contributed by atoms with E-state index in [-0.39, 0.29) is 0 Å². The van der Waals surface area contributed by atoms with Crippen LogP contribution in [0.3, 0.4) is 0 Å². The summed E-state index contributed by atoms with van der Waals surface area (Å²) < 4.78 is 5.65. The van der Waals surface area contributed by atoms with Crippen LogP contribution in [0.25, 0.3) is 0 Å². The van der Waals surface area contributed by atoms with Crippen molar-refractivity contribution in [3.63, 3.8) is 0 Å². The Morgan fingerprint density at radius 3 is 2.71 bits per heavy atom. The Labute approximate surface area is 105 Å². The summed E-state index contributed by atoms with van der Waals surface area (Å²) >= 11 is 0. The quantitative estimate of drug-likeness (QED) is 0.617. The van der Waals surface area contributed by atoms with Gasteiger partial charge in [-0.1, -0.05) is 0 Å². The van der Waals surface area contributed by atoms with Gasteiger partial charge in [-0.15, -0.1) is 0 Å². The Bertz CT molecular complexity index is 203. The van der Waals surface area contributed by atoms with Gasteiger partial charge >= 0.3 is 0 Å². The van der Waals surface area contributed by atoms with Crippen LogP contribution in [0, 0.1) is 5.92 Å². The SMILES string of the molecule is CN(CCOCC1CC1)CCN1CCNCC1. The number of ether oxygens (including phenoxy) is 1. The van der Waals surface area contributed by atoms with E-state index in [0.717, 1.165) is 45.3 Å². The van der Waals surface area contributed by atoms with Crippen LogP contribution >= 0.6 is 0 Å². The van der Waals surface area contributed by atoms with Gasteiger partial charge in [-0.2, -0.15) is 0 Å². The molecule has 0 aromatic carbocycles. The van der Waals surface area contributed by atoms with Crippen molar-refractivity contribution in [3.8, 4) is 0 Å². The second-order valence-corrected chi connectivity index (χ2v) is 5.41. The molecule has 1 saturated carbocycles. The maximum absolute atomic E-state index is 5.65. The summed E-state index contributed by atoms with van der Waals surface area (Å²) in [6.45, 7) is 10.0. The number of rotatable bonds is 8. The molecule has 2 rings (SSSR count). The van der Waals surface area contributed by atoms with E-state index >= 15 is 0 Å². The lowest BCUT2D eigenvalue weighted by Crippen LogP contribution is -2.46. The Morgan fingerprint density at radius 2 is 2.00 bits per heavy atom. The Kier molecular flexibility index (Phi) is 5.71. The van der Waals surface area contributed by atoms with E-state index in [9.17, 15) is 0 Å². The third-order valence-corrected chi connectivity index (χ3v) is 3.68. The fourth-order valence-corrected chi connectivity index (χ4v) is 2.11. The smallest absolute Gasteiger partial charge is 0.0593 e. The molecule has 1 saturated heterocycles. The molecule has 0 unspecified atom stereocenters. The maximum Gasteiger partial charge on any atom is 0.0593 e. The predicted octanol–water partition coefficient (Wildman–Crippen LogP) is 0.250. The van der Waals surface area contributed by atoms with E-state index < -0.39 is 0 Å². The summed E-state index contributed by atoms with van der Waals surface area (Å²) in [5, 5.41) is 3.39. The van der Waals surface area contributed by atoms with Crippen LogP contribution < -0.4 is 5.32 Å². The molecular formula is C13H27N3O. The minimum atomic E-state index is 0.890. The van der Waals surface area contributed by atoms with Crippen LogP contribution in [-0.4, -0.2) is 75.9 Å². The molecule has 2 fully saturated rings. The maximum atomic E-state index is 5.65. The van der Waals surface area contributed by atoms with Gasteiger partial charge in [0.05, 0.1) is 6.61 Å². The first-order chi connectivity index (χ1) is 8.34.